The molecule has 2 rings (SSSR count). The minimum absolute atomic E-state index is 0.0547. The predicted octanol–water partition coefficient (Wildman–Crippen LogP) is 4.27. The third-order valence-electron chi connectivity index (χ3n) is 2.49. The van der Waals surface area contributed by atoms with Crippen LogP contribution in [0.15, 0.2) is 37.7 Å². The second-order valence-electron chi connectivity index (χ2n) is 3.87. The lowest BCUT2D eigenvalue weighted by atomic mass is 10.2. The molecule has 0 fully saturated rings. The number of nitrogens with two attached hydrogens (primary N) is 1. The molecule has 0 aliphatic carbocycles. The summed E-state index contributed by atoms with van der Waals surface area (Å²) in [6.07, 6.45) is 0. The first-order chi connectivity index (χ1) is 9.92. The van der Waals surface area contributed by atoms with Crippen molar-refractivity contribution in [3.05, 3.63) is 48.0 Å². The number of hydrogen-bond acceptors (Lipinski definition) is 4. The Hall–Kier alpha value is -1.09. The van der Waals surface area contributed by atoms with Gasteiger partial charge in [0, 0.05) is 10.0 Å². The standard InChI is InChI=1S/C12H8Br2ClN3O2S/c13-6-4-9(21-10(6)14)12(19)17-8-2-1-5(3-7(8)15)11(16)18-20/h1-4,20H,(H2,16,18)(H,17,19). The summed E-state index contributed by atoms with van der Waals surface area (Å²) in [5, 5.41) is 14.5. The maximum atomic E-state index is 12.1. The van der Waals surface area contributed by atoms with Crippen molar-refractivity contribution >= 4 is 72.2 Å². The summed E-state index contributed by atoms with van der Waals surface area (Å²) in [4.78, 5) is 12.7. The van der Waals surface area contributed by atoms with Crippen LogP contribution in [0.2, 0.25) is 5.02 Å². The fourth-order valence-corrected chi connectivity index (χ4v) is 3.63. The highest BCUT2D eigenvalue weighted by molar-refractivity contribution is 9.13. The number of rotatable bonds is 3. The number of anilines is 1. The minimum Gasteiger partial charge on any atom is -0.409 e. The van der Waals surface area contributed by atoms with Crippen molar-refractivity contribution in [1.82, 2.24) is 0 Å². The first-order valence-electron chi connectivity index (χ1n) is 5.46. The van der Waals surface area contributed by atoms with Gasteiger partial charge in [-0.1, -0.05) is 16.8 Å². The molecule has 0 spiro atoms. The van der Waals surface area contributed by atoms with Gasteiger partial charge in [-0.25, -0.2) is 0 Å². The summed E-state index contributed by atoms with van der Waals surface area (Å²) in [7, 11) is 0. The molecular formula is C12H8Br2ClN3O2S. The molecule has 0 aliphatic rings. The Kier molecular flexibility index (Phi) is 5.26. The van der Waals surface area contributed by atoms with Crippen molar-refractivity contribution in [3.8, 4) is 0 Å². The quantitative estimate of drug-likeness (QED) is 0.281. The van der Waals surface area contributed by atoms with Crippen LogP contribution in [0.25, 0.3) is 0 Å². The highest BCUT2D eigenvalue weighted by Gasteiger charge is 2.14. The van der Waals surface area contributed by atoms with E-state index in [4.69, 9.17) is 22.5 Å². The molecule has 2 aromatic rings. The van der Waals surface area contributed by atoms with Crippen LogP contribution in [0.5, 0.6) is 0 Å². The van der Waals surface area contributed by atoms with Crippen molar-refractivity contribution in [2.75, 3.05) is 5.32 Å². The van der Waals surface area contributed by atoms with Gasteiger partial charge in [0.1, 0.15) is 0 Å². The third kappa shape index (κ3) is 3.76. The molecule has 0 saturated heterocycles. The number of benzene rings is 1. The van der Waals surface area contributed by atoms with E-state index in [1.165, 1.54) is 17.4 Å². The zero-order chi connectivity index (χ0) is 15.6. The van der Waals surface area contributed by atoms with E-state index in [0.29, 0.717) is 21.2 Å². The second kappa shape index (κ2) is 6.78. The van der Waals surface area contributed by atoms with Gasteiger partial charge >= 0.3 is 0 Å². The molecule has 5 nitrogen and oxygen atoms in total. The average Bonchev–Trinajstić information content (AvgIpc) is 2.80. The van der Waals surface area contributed by atoms with Gasteiger partial charge in [-0.15, -0.1) is 11.3 Å². The zero-order valence-corrected chi connectivity index (χ0v) is 15.0. The van der Waals surface area contributed by atoms with E-state index in [1.807, 2.05) is 0 Å². The fourth-order valence-electron chi connectivity index (χ4n) is 1.48. The Balaban J connectivity index is 2.22. The van der Waals surface area contributed by atoms with Gasteiger partial charge in [0.15, 0.2) is 5.84 Å². The van der Waals surface area contributed by atoms with E-state index in [0.717, 1.165) is 8.26 Å². The van der Waals surface area contributed by atoms with Gasteiger partial charge in [0.2, 0.25) is 0 Å². The van der Waals surface area contributed by atoms with Crippen molar-refractivity contribution in [1.29, 1.82) is 0 Å². The smallest absolute Gasteiger partial charge is 0.265 e. The van der Waals surface area contributed by atoms with Crippen molar-refractivity contribution in [3.63, 3.8) is 0 Å². The molecule has 1 amide bonds. The monoisotopic (exact) mass is 451 g/mol. The molecular weight excluding hydrogens is 445 g/mol. The van der Waals surface area contributed by atoms with E-state index in [-0.39, 0.29) is 11.7 Å². The molecule has 0 atom stereocenters. The van der Waals surface area contributed by atoms with E-state index < -0.39 is 0 Å². The van der Waals surface area contributed by atoms with Crippen LogP contribution >= 0.6 is 54.8 Å². The summed E-state index contributed by atoms with van der Waals surface area (Å²) in [5.41, 5.74) is 6.37. The van der Waals surface area contributed by atoms with Crippen LogP contribution in [0, 0.1) is 0 Å². The Morgan fingerprint density at radius 2 is 2.10 bits per heavy atom. The van der Waals surface area contributed by atoms with E-state index in [1.54, 1.807) is 18.2 Å². The number of carbonyl (C=O) groups is 1. The van der Waals surface area contributed by atoms with Gasteiger partial charge in [-0.05, 0) is 56.1 Å². The van der Waals surface area contributed by atoms with E-state index in [9.17, 15) is 4.79 Å². The summed E-state index contributed by atoms with van der Waals surface area (Å²) < 4.78 is 1.65. The molecule has 1 aromatic heterocycles. The summed E-state index contributed by atoms with van der Waals surface area (Å²) in [5.74, 6) is -0.328. The van der Waals surface area contributed by atoms with Gasteiger partial charge in [0.25, 0.3) is 5.91 Å². The number of halogens is 3. The van der Waals surface area contributed by atoms with Gasteiger partial charge in [0.05, 0.1) is 19.4 Å². The maximum absolute atomic E-state index is 12.1. The van der Waals surface area contributed by atoms with E-state index in [2.05, 4.69) is 42.3 Å². The highest BCUT2D eigenvalue weighted by atomic mass is 79.9. The summed E-state index contributed by atoms with van der Waals surface area (Å²) in [6, 6.07) is 6.40. The molecule has 4 N–H and O–H groups in total. The van der Waals surface area contributed by atoms with Crippen LogP contribution in [0.1, 0.15) is 15.2 Å². The Morgan fingerprint density at radius 1 is 1.38 bits per heavy atom. The van der Waals surface area contributed by atoms with Crippen molar-refractivity contribution in [2.45, 2.75) is 0 Å². The molecule has 0 aliphatic heterocycles. The SMILES string of the molecule is N/C(=N/O)c1ccc(NC(=O)c2cc(Br)c(Br)s2)c(Cl)c1. The number of hydrogen-bond donors (Lipinski definition) is 3. The van der Waals surface area contributed by atoms with Crippen LogP contribution < -0.4 is 11.1 Å². The van der Waals surface area contributed by atoms with Crippen LogP contribution in [0.4, 0.5) is 5.69 Å². The lowest BCUT2D eigenvalue weighted by Gasteiger charge is -2.07. The fraction of sp³-hybridized carbons (Fsp3) is 0. The number of amides is 1. The Morgan fingerprint density at radius 3 is 2.62 bits per heavy atom. The molecule has 1 heterocycles. The number of carbonyl (C=O) groups excluding carboxylic acids is 1. The topological polar surface area (TPSA) is 87.7 Å². The van der Waals surface area contributed by atoms with Gasteiger partial charge < -0.3 is 16.3 Å². The molecule has 0 saturated carbocycles. The predicted molar refractivity (Wildman–Crippen MR) is 91.6 cm³/mol. The Bertz CT molecular complexity index is 714. The zero-order valence-electron chi connectivity index (χ0n) is 10.2. The van der Waals surface area contributed by atoms with Gasteiger partial charge in [-0.2, -0.15) is 0 Å². The maximum Gasteiger partial charge on any atom is 0.265 e. The normalized spacial score (nSPS) is 11.5. The summed E-state index contributed by atoms with van der Waals surface area (Å²) >= 11 is 14.0. The van der Waals surface area contributed by atoms with Crippen LogP contribution in [-0.4, -0.2) is 17.0 Å². The number of thiophene rings is 1. The minimum atomic E-state index is -0.273. The number of amidine groups is 1. The molecule has 110 valence electrons. The van der Waals surface area contributed by atoms with Gasteiger partial charge in [-0.3, -0.25) is 4.79 Å². The summed E-state index contributed by atoms with van der Waals surface area (Å²) in [6.45, 7) is 0. The number of nitrogens with one attached hydrogen (secondary N) is 1. The molecule has 1 aromatic carbocycles. The lowest BCUT2D eigenvalue weighted by Crippen LogP contribution is -2.14. The first-order valence-corrected chi connectivity index (χ1v) is 8.24. The lowest BCUT2D eigenvalue weighted by molar-refractivity contribution is 0.103. The third-order valence-corrected chi connectivity index (χ3v) is 6.06. The second-order valence-corrected chi connectivity index (χ2v) is 7.50. The first kappa shape index (κ1) is 16.3. The molecule has 21 heavy (non-hydrogen) atoms. The Labute approximate surface area is 146 Å². The van der Waals surface area contributed by atoms with E-state index >= 15 is 0 Å². The molecule has 0 unspecified atom stereocenters. The van der Waals surface area contributed by atoms with Crippen LogP contribution in [0.3, 0.4) is 0 Å². The number of oxime groups is 1. The van der Waals surface area contributed by atoms with Crippen molar-refractivity contribution < 1.29 is 10.0 Å². The molecule has 0 radical (unpaired) electrons. The number of nitrogens with zero attached hydrogens (tertiary/aromatic N) is 1. The van der Waals surface area contributed by atoms with Crippen LogP contribution in [-0.2, 0) is 0 Å². The largest absolute Gasteiger partial charge is 0.409 e. The highest BCUT2D eigenvalue weighted by Crippen LogP contribution is 2.33. The van der Waals surface area contributed by atoms with Crippen molar-refractivity contribution in [2.24, 2.45) is 10.9 Å². The molecule has 9 heteroatoms. The average molecular weight is 454 g/mol. The molecule has 0 bridgehead atoms.